The van der Waals surface area contributed by atoms with Crippen molar-refractivity contribution in [3.63, 3.8) is 0 Å². The van der Waals surface area contributed by atoms with Crippen molar-refractivity contribution in [2.24, 2.45) is 0 Å². The van der Waals surface area contributed by atoms with Crippen LogP contribution in [0.25, 0.3) is 0 Å². The highest BCUT2D eigenvalue weighted by atomic mass is 35.5. The van der Waals surface area contributed by atoms with Crippen molar-refractivity contribution in [1.29, 1.82) is 0 Å². The molecule has 2 N–H and O–H groups in total. The Balaban J connectivity index is 1.48. The van der Waals surface area contributed by atoms with E-state index in [1.165, 1.54) is 11.8 Å². The van der Waals surface area contributed by atoms with Crippen LogP contribution < -0.4 is 10.9 Å². The number of thioether (sulfide) groups is 1. The second kappa shape index (κ2) is 8.54. The lowest BCUT2D eigenvalue weighted by Gasteiger charge is -2.08. The van der Waals surface area contributed by atoms with Crippen LogP contribution in [0.4, 0.5) is 0 Å². The van der Waals surface area contributed by atoms with E-state index in [9.17, 15) is 9.59 Å². The number of nitrogens with zero attached hydrogens (tertiary/aromatic N) is 3. The van der Waals surface area contributed by atoms with Crippen LogP contribution in [0.5, 0.6) is 0 Å². The summed E-state index contributed by atoms with van der Waals surface area (Å²) in [5.74, 6) is -0.0689. The number of hydrogen-bond acceptors (Lipinski definition) is 6. The lowest BCUT2D eigenvalue weighted by Crippen LogP contribution is -2.42. The van der Waals surface area contributed by atoms with E-state index in [0.29, 0.717) is 16.7 Å². The molecule has 0 bridgehead atoms. The highest BCUT2D eigenvalue weighted by molar-refractivity contribution is 7.99. The average Bonchev–Trinajstić information content (AvgIpc) is 3.31. The third-order valence-electron chi connectivity index (χ3n) is 3.25. The SMILES string of the molecule is O=C(CSc1nncn1Cc1ccco1)NNC(=O)c1ccccc1Cl. The van der Waals surface area contributed by atoms with Crippen LogP contribution in [-0.2, 0) is 11.3 Å². The molecule has 3 rings (SSSR count). The molecule has 0 aliphatic carbocycles. The van der Waals surface area contributed by atoms with Crippen LogP contribution in [0.15, 0.2) is 58.6 Å². The molecule has 0 fully saturated rings. The molecular weight excluding hydrogens is 378 g/mol. The maximum absolute atomic E-state index is 12.0. The minimum atomic E-state index is -0.491. The van der Waals surface area contributed by atoms with Crippen molar-refractivity contribution < 1.29 is 14.0 Å². The van der Waals surface area contributed by atoms with E-state index in [1.54, 1.807) is 47.5 Å². The summed E-state index contributed by atoms with van der Waals surface area (Å²) in [4.78, 5) is 23.9. The van der Waals surface area contributed by atoms with Crippen molar-refractivity contribution >= 4 is 35.2 Å². The molecule has 0 radical (unpaired) electrons. The molecule has 0 unspecified atom stereocenters. The second-order valence-corrected chi connectivity index (χ2v) is 6.44. The van der Waals surface area contributed by atoms with Gasteiger partial charge in [-0.15, -0.1) is 10.2 Å². The maximum atomic E-state index is 12.0. The van der Waals surface area contributed by atoms with Gasteiger partial charge in [-0.2, -0.15) is 0 Å². The summed E-state index contributed by atoms with van der Waals surface area (Å²) in [5.41, 5.74) is 4.95. The first-order valence-corrected chi connectivity index (χ1v) is 8.86. The smallest absolute Gasteiger partial charge is 0.271 e. The Labute approximate surface area is 157 Å². The molecular formula is C16H14ClN5O3S. The third kappa shape index (κ3) is 4.64. The van der Waals surface area contributed by atoms with Gasteiger partial charge in [0, 0.05) is 0 Å². The first kappa shape index (κ1) is 18.0. The first-order chi connectivity index (χ1) is 12.6. The lowest BCUT2D eigenvalue weighted by atomic mass is 10.2. The zero-order valence-corrected chi connectivity index (χ0v) is 15.0. The summed E-state index contributed by atoms with van der Waals surface area (Å²) < 4.78 is 7.04. The fourth-order valence-corrected chi connectivity index (χ4v) is 2.98. The predicted octanol–water partition coefficient (Wildman–Crippen LogP) is 2.13. The maximum Gasteiger partial charge on any atom is 0.271 e. The molecule has 0 aliphatic heterocycles. The van der Waals surface area contributed by atoms with Gasteiger partial charge >= 0.3 is 0 Å². The molecule has 134 valence electrons. The molecule has 2 aromatic heterocycles. The number of halogens is 1. The van der Waals surface area contributed by atoms with Crippen LogP contribution in [-0.4, -0.2) is 32.3 Å². The van der Waals surface area contributed by atoms with Crippen molar-refractivity contribution in [3.8, 4) is 0 Å². The van der Waals surface area contributed by atoms with Crippen LogP contribution in [0.1, 0.15) is 16.1 Å². The van der Waals surface area contributed by atoms with Gasteiger partial charge < -0.3 is 8.98 Å². The molecule has 10 heteroatoms. The van der Waals surface area contributed by atoms with Crippen molar-refractivity contribution in [1.82, 2.24) is 25.6 Å². The fraction of sp³-hybridized carbons (Fsp3) is 0.125. The Morgan fingerprint density at radius 1 is 1.19 bits per heavy atom. The van der Waals surface area contributed by atoms with Gasteiger partial charge in [-0.05, 0) is 24.3 Å². The zero-order valence-electron chi connectivity index (χ0n) is 13.4. The van der Waals surface area contributed by atoms with Crippen LogP contribution in [0, 0.1) is 0 Å². The van der Waals surface area contributed by atoms with E-state index in [2.05, 4.69) is 21.0 Å². The van der Waals surface area contributed by atoms with Gasteiger partial charge in [-0.1, -0.05) is 35.5 Å². The Bertz CT molecular complexity index is 897. The summed E-state index contributed by atoms with van der Waals surface area (Å²) in [5, 5.41) is 8.68. The molecule has 3 aromatic rings. The highest BCUT2D eigenvalue weighted by Gasteiger charge is 2.13. The number of rotatable bonds is 6. The van der Waals surface area contributed by atoms with Crippen molar-refractivity contribution in [2.75, 3.05) is 5.75 Å². The zero-order chi connectivity index (χ0) is 18.4. The molecule has 0 saturated carbocycles. The van der Waals surface area contributed by atoms with E-state index in [4.69, 9.17) is 16.0 Å². The van der Waals surface area contributed by atoms with E-state index in [0.717, 1.165) is 5.76 Å². The van der Waals surface area contributed by atoms with Crippen LogP contribution >= 0.6 is 23.4 Å². The number of amides is 2. The summed E-state index contributed by atoms with van der Waals surface area (Å²) in [6.07, 6.45) is 3.14. The molecule has 0 spiro atoms. The van der Waals surface area contributed by atoms with E-state index >= 15 is 0 Å². The number of hydrogen-bond donors (Lipinski definition) is 2. The monoisotopic (exact) mass is 391 g/mol. The van der Waals surface area contributed by atoms with Gasteiger partial charge in [0.1, 0.15) is 12.1 Å². The largest absolute Gasteiger partial charge is 0.467 e. The molecule has 0 aliphatic rings. The number of nitrogens with one attached hydrogen (secondary N) is 2. The van der Waals surface area contributed by atoms with Gasteiger partial charge in [0.2, 0.25) is 5.91 Å². The molecule has 0 saturated heterocycles. The third-order valence-corrected chi connectivity index (χ3v) is 4.56. The molecule has 1 aromatic carbocycles. The second-order valence-electron chi connectivity index (χ2n) is 5.09. The lowest BCUT2D eigenvalue weighted by molar-refractivity contribution is -0.119. The van der Waals surface area contributed by atoms with Gasteiger partial charge in [-0.25, -0.2) is 0 Å². The molecule has 2 heterocycles. The fourth-order valence-electron chi connectivity index (χ4n) is 2.04. The quantitative estimate of drug-likeness (QED) is 0.493. The predicted molar refractivity (Wildman–Crippen MR) is 95.6 cm³/mol. The molecule has 8 nitrogen and oxygen atoms in total. The van der Waals surface area contributed by atoms with E-state index < -0.39 is 5.91 Å². The number of hydrazine groups is 1. The topological polar surface area (TPSA) is 102 Å². The molecule has 0 atom stereocenters. The Hall–Kier alpha value is -2.78. The minimum Gasteiger partial charge on any atom is -0.467 e. The standard InChI is InChI=1S/C16H14ClN5O3S/c17-13-6-2-1-5-12(13)15(24)20-19-14(23)9-26-16-21-18-10-22(16)8-11-4-3-7-25-11/h1-7,10H,8-9H2,(H,19,23)(H,20,24). The number of aromatic nitrogens is 3. The first-order valence-electron chi connectivity index (χ1n) is 7.50. The van der Waals surface area contributed by atoms with Gasteiger partial charge in [0.25, 0.3) is 5.91 Å². The average molecular weight is 392 g/mol. The van der Waals surface area contributed by atoms with E-state index in [-0.39, 0.29) is 17.2 Å². The Morgan fingerprint density at radius 3 is 2.81 bits per heavy atom. The molecule has 26 heavy (non-hydrogen) atoms. The van der Waals surface area contributed by atoms with Gasteiger partial charge in [0.05, 0.1) is 29.1 Å². The molecule has 2 amide bonds. The van der Waals surface area contributed by atoms with Gasteiger partial charge in [0.15, 0.2) is 5.16 Å². The van der Waals surface area contributed by atoms with E-state index in [1.807, 2.05) is 6.07 Å². The number of benzene rings is 1. The summed E-state index contributed by atoms with van der Waals surface area (Å²) >= 11 is 7.13. The normalized spacial score (nSPS) is 10.5. The van der Waals surface area contributed by atoms with Gasteiger partial charge in [-0.3, -0.25) is 20.4 Å². The number of carbonyl (C=O) groups is 2. The van der Waals surface area contributed by atoms with Crippen LogP contribution in [0.3, 0.4) is 0 Å². The summed E-state index contributed by atoms with van der Waals surface area (Å²) in [6, 6.07) is 10.2. The highest BCUT2D eigenvalue weighted by Crippen LogP contribution is 2.16. The Morgan fingerprint density at radius 2 is 2.04 bits per heavy atom. The van der Waals surface area contributed by atoms with Crippen LogP contribution in [0.2, 0.25) is 5.02 Å². The number of furan rings is 1. The van der Waals surface area contributed by atoms with Crippen molar-refractivity contribution in [3.05, 3.63) is 65.3 Å². The Kier molecular flexibility index (Phi) is 5.92. The van der Waals surface area contributed by atoms with Crippen molar-refractivity contribution in [2.45, 2.75) is 11.7 Å². The minimum absolute atomic E-state index is 0.0552. The summed E-state index contributed by atoms with van der Waals surface area (Å²) in [7, 11) is 0. The summed E-state index contributed by atoms with van der Waals surface area (Å²) in [6.45, 7) is 0.465. The number of carbonyl (C=O) groups excluding carboxylic acids is 2.